The van der Waals surface area contributed by atoms with Crippen molar-refractivity contribution in [3.8, 4) is 0 Å². The fraction of sp³-hybridized carbons (Fsp3) is 0.833. The van der Waals surface area contributed by atoms with E-state index in [1.165, 1.54) is 0 Å². The lowest BCUT2D eigenvalue weighted by Gasteiger charge is -2.06. The van der Waals surface area contributed by atoms with Gasteiger partial charge in [0.15, 0.2) is 5.17 Å². The minimum Gasteiger partial charge on any atom is -0.360 e. The standard InChI is InChI=1S/C6H12N2S/c1-4-5(2)8-6(7-4)9-3/h4-5H,1-3H3,(H,7,8). The Bertz CT molecular complexity index is 133. The molecule has 1 rings (SSSR count). The summed E-state index contributed by atoms with van der Waals surface area (Å²) in [7, 11) is 0. The average molecular weight is 144 g/mol. The number of hydrogen-bond acceptors (Lipinski definition) is 3. The first kappa shape index (κ1) is 6.93. The van der Waals surface area contributed by atoms with Crippen LogP contribution in [0.5, 0.6) is 0 Å². The van der Waals surface area contributed by atoms with Gasteiger partial charge in [0.05, 0.1) is 6.04 Å². The Kier molecular flexibility index (Phi) is 2.01. The molecule has 0 aromatic heterocycles. The van der Waals surface area contributed by atoms with E-state index in [4.69, 9.17) is 0 Å². The number of rotatable bonds is 0. The summed E-state index contributed by atoms with van der Waals surface area (Å²) in [6.45, 7) is 4.28. The Hall–Kier alpha value is -0.180. The summed E-state index contributed by atoms with van der Waals surface area (Å²) in [5.41, 5.74) is 0. The predicted molar refractivity (Wildman–Crippen MR) is 43.0 cm³/mol. The van der Waals surface area contributed by atoms with Crippen molar-refractivity contribution >= 4 is 16.9 Å². The lowest BCUT2D eigenvalue weighted by atomic mass is 10.2. The van der Waals surface area contributed by atoms with Gasteiger partial charge in [-0.05, 0) is 20.1 Å². The first-order valence-electron chi connectivity index (χ1n) is 3.12. The Labute approximate surface area is 60.1 Å². The van der Waals surface area contributed by atoms with Crippen molar-refractivity contribution in [3.63, 3.8) is 0 Å². The smallest absolute Gasteiger partial charge is 0.156 e. The third kappa shape index (κ3) is 1.39. The quantitative estimate of drug-likeness (QED) is 0.550. The van der Waals surface area contributed by atoms with Gasteiger partial charge < -0.3 is 5.32 Å². The van der Waals surface area contributed by atoms with Crippen LogP contribution in [0.3, 0.4) is 0 Å². The van der Waals surface area contributed by atoms with Gasteiger partial charge in [0.1, 0.15) is 0 Å². The number of nitrogens with zero attached hydrogens (tertiary/aromatic N) is 1. The summed E-state index contributed by atoms with van der Waals surface area (Å²) in [5, 5.41) is 4.34. The SMILES string of the molecule is CSC1=NC(C)C(C)N1. The minimum absolute atomic E-state index is 0.451. The van der Waals surface area contributed by atoms with Crippen molar-refractivity contribution in [1.82, 2.24) is 5.32 Å². The maximum Gasteiger partial charge on any atom is 0.156 e. The van der Waals surface area contributed by atoms with Gasteiger partial charge in [0.2, 0.25) is 0 Å². The summed E-state index contributed by atoms with van der Waals surface area (Å²) in [6.07, 6.45) is 2.04. The van der Waals surface area contributed by atoms with Gasteiger partial charge in [-0.25, -0.2) is 0 Å². The lowest BCUT2D eigenvalue weighted by molar-refractivity contribution is 0.602. The van der Waals surface area contributed by atoms with Gasteiger partial charge in [-0.2, -0.15) is 0 Å². The van der Waals surface area contributed by atoms with Crippen LogP contribution >= 0.6 is 11.8 Å². The van der Waals surface area contributed by atoms with E-state index < -0.39 is 0 Å². The molecule has 1 aliphatic rings. The van der Waals surface area contributed by atoms with E-state index in [9.17, 15) is 0 Å². The van der Waals surface area contributed by atoms with E-state index >= 15 is 0 Å². The number of aliphatic imine (C=N–C) groups is 1. The van der Waals surface area contributed by atoms with Crippen LogP contribution in [-0.2, 0) is 0 Å². The van der Waals surface area contributed by atoms with Crippen molar-refractivity contribution in [1.29, 1.82) is 0 Å². The maximum absolute atomic E-state index is 4.36. The highest BCUT2D eigenvalue weighted by atomic mass is 32.2. The van der Waals surface area contributed by atoms with Crippen LogP contribution in [0, 0.1) is 0 Å². The fourth-order valence-corrected chi connectivity index (χ4v) is 1.34. The van der Waals surface area contributed by atoms with Crippen LogP contribution in [0.2, 0.25) is 0 Å². The van der Waals surface area contributed by atoms with Crippen LogP contribution in [0.15, 0.2) is 4.99 Å². The van der Waals surface area contributed by atoms with E-state index in [0.29, 0.717) is 12.1 Å². The van der Waals surface area contributed by atoms with Crippen molar-refractivity contribution in [2.75, 3.05) is 6.26 Å². The number of amidine groups is 1. The highest BCUT2D eigenvalue weighted by molar-refractivity contribution is 8.13. The van der Waals surface area contributed by atoms with E-state index in [-0.39, 0.29) is 0 Å². The van der Waals surface area contributed by atoms with Crippen molar-refractivity contribution in [2.45, 2.75) is 25.9 Å². The molecular formula is C6H12N2S. The van der Waals surface area contributed by atoms with Gasteiger partial charge in [-0.3, -0.25) is 4.99 Å². The second-order valence-corrected chi connectivity index (χ2v) is 3.11. The minimum atomic E-state index is 0.451. The average Bonchev–Trinajstić information content (AvgIpc) is 2.13. The molecule has 0 aromatic rings. The topological polar surface area (TPSA) is 24.4 Å². The van der Waals surface area contributed by atoms with Gasteiger partial charge in [-0.1, -0.05) is 11.8 Å². The normalized spacial score (nSPS) is 33.9. The van der Waals surface area contributed by atoms with Gasteiger partial charge in [0, 0.05) is 6.04 Å². The molecule has 52 valence electrons. The molecule has 1 aliphatic heterocycles. The summed E-state index contributed by atoms with van der Waals surface area (Å²) in [4.78, 5) is 4.36. The Morgan fingerprint density at radius 2 is 2.22 bits per heavy atom. The largest absolute Gasteiger partial charge is 0.360 e. The first-order chi connectivity index (χ1) is 4.24. The van der Waals surface area contributed by atoms with E-state index in [2.05, 4.69) is 24.2 Å². The van der Waals surface area contributed by atoms with Crippen molar-refractivity contribution < 1.29 is 0 Å². The van der Waals surface area contributed by atoms with Gasteiger partial charge >= 0.3 is 0 Å². The highest BCUT2D eigenvalue weighted by Gasteiger charge is 2.18. The van der Waals surface area contributed by atoms with Crippen molar-refractivity contribution in [2.24, 2.45) is 4.99 Å². The second kappa shape index (κ2) is 2.60. The second-order valence-electron chi connectivity index (χ2n) is 2.31. The van der Waals surface area contributed by atoms with Gasteiger partial charge in [0.25, 0.3) is 0 Å². The molecule has 1 heterocycles. The zero-order chi connectivity index (χ0) is 6.85. The zero-order valence-electron chi connectivity index (χ0n) is 6.01. The zero-order valence-corrected chi connectivity index (χ0v) is 6.83. The van der Waals surface area contributed by atoms with E-state index in [0.717, 1.165) is 5.17 Å². The van der Waals surface area contributed by atoms with Crippen LogP contribution in [-0.4, -0.2) is 23.5 Å². The summed E-state index contributed by atoms with van der Waals surface area (Å²) >= 11 is 1.68. The number of thioether (sulfide) groups is 1. The molecule has 2 atom stereocenters. The molecule has 3 heteroatoms. The molecule has 0 saturated carbocycles. The lowest BCUT2D eigenvalue weighted by Crippen LogP contribution is -2.28. The predicted octanol–water partition coefficient (Wildman–Crippen LogP) is 1.09. The van der Waals surface area contributed by atoms with Crippen LogP contribution in [0.25, 0.3) is 0 Å². The van der Waals surface area contributed by atoms with E-state index in [1.807, 2.05) is 6.26 Å². The molecular weight excluding hydrogens is 132 g/mol. The van der Waals surface area contributed by atoms with Crippen LogP contribution in [0.4, 0.5) is 0 Å². The molecule has 0 fully saturated rings. The molecule has 0 aliphatic carbocycles. The number of nitrogens with one attached hydrogen (secondary N) is 1. The summed E-state index contributed by atoms with van der Waals surface area (Å²) in [6, 6.07) is 0.972. The monoisotopic (exact) mass is 144 g/mol. The molecule has 0 saturated heterocycles. The molecule has 2 unspecified atom stereocenters. The Balaban J connectivity index is 2.52. The molecule has 0 bridgehead atoms. The fourth-order valence-electron chi connectivity index (χ4n) is 0.761. The van der Waals surface area contributed by atoms with Gasteiger partial charge in [-0.15, -0.1) is 0 Å². The van der Waals surface area contributed by atoms with Crippen LogP contribution in [0.1, 0.15) is 13.8 Å². The third-order valence-electron chi connectivity index (χ3n) is 1.59. The molecule has 1 N–H and O–H groups in total. The third-order valence-corrected chi connectivity index (χ3v) is 2.20. The summed E-state index contributed by atoms with van der Waals surface area (Å²) in [5.74, 6) is 0. The molecule has 9 heavy (non-hydrogen) atoms. The molecule has 2 nitrogen and oxygen atoms in total. The number of hydrogen-bond donors (Lipinski definition) is 1. The molecule has 0 spiro atoms. The van der Waals surface area contributed by atoms with E-state index in [1.54, 1.807) is 11.8 Å². The molecule has 0 radical (unpaired) electrons. The maximum atomic E-state index is 4.36. The summed E-state index contributed by atoms with van der Waals surface area (Å²) < 4.78 is 0. The molecule has 0 amide bonds. The Morgan fingerprint density at radius 1 is 1.56 bits per heavy atom. The van der Waals surface area contributed by atoms with Crippen molar-refractivity contribution in [3.05, 3.63) is 0 Å². The first-order valence-corrected chi connectivity index (χ1v) is 4.35. The van der Waals surface area contributed by atoms with Crippen LogP contribution < -0.4 is 5.32 Å². The highest BCUT2D eigenvalue weighted by Crippen LogP contribution is 2.10. The molecule has 0 aromatic carbocycles. The Morgan fingerprint density at radius 3 is 2.44 bits per heavy atom.